The Bertz CT molecular complexity index is 450. The first-order valence-corrected chi connectivity index (χ1v) is 4.56. The standard InChI is InChI=1S/C9H6F2OS/c10-7-2-5(3-12)1-6-8(11)4-13-9(6)7/h1-2,4,12H,3H2. The maximum atomic E-state index is 13.2. The van der Waals surface area contributed by atoms with Crippen molar-refractivity contribution in [3.8, 4) is 0 Å². The molecule has 0 fully saturated rings. The highest BCUT2D eigenvalue weighted by Gasteiger charge is 2.09. The average molecular weight is 200 g/mol. The van der Waals surface area contributed by atoms with Crippen LogP contribution in [-0.4, -0.2) is 5.11 Å². The molecule has 0 amide bonds. The lowest BCUT2D eigenvalue weighted by atomic mass is 10.1. The van der Waals surface area contributed by atoms with Gasteiger partial charge in [0.05, 0.1) is 11.3 Å². The molecule has 0 unspecified atom stereocenters. The van der Waals surface area contributed by atoms with Gasteiger partial charge in [-0.25, -0.2) is 8.78 Å². The van der Waals surface area contributed by atoms with Gasteiger partial charge >= 0.3 is 0 Å². The summed E-state index contributed by atoms with van der Waals surface area (Å²) < 4.78 is 26.5. The predicted molar refractivity (Wildman–Crippen MR) is 47.7 cm³/mol. The molecule has 2 rings (SSSR count). The topological polar surface area (TPSA) is 20.2 Å². The fraction of sp³-hybridized carbons (Fsp3) is 0.111. The van der Waals surface area contributed by atoms with Gasteiger partial charge < -0.3 is 5.11 Å². The lowest BCUT2D eigenvalue weighted by Crippen LogP contribution is -1.85. The summed E-state index contributed by atoms with van der Waals surface area (Å²) in [5, 5.41) is 10.3. The maximum absolute atomic E-state index is 13.2. The summed E-state index contributed by atoms with van der Waals surface area (Å²) in [7, 11) is 0. The van der Waals surface area contributed by atoms with Crippen LogP contribution >= 0.6 is 11.3 Å². The van der Waals surface area contributed by atoms with Gasteiger partial charge in [0.15, 0.2) is 0 Å². The van der Waals surface area contributed by atoms with Gasteiger partial charge in [0.2, 0.25) is 0 Å². The second kappa shape index (κ2) is 3.05. The molecular formula is C9H6F2OS. The number of aliphatic hydroxyl groups is 1. The Morgan fingerprint density at radius 3 is 2.69 bits per heavy atom. The van der Waals surface area contributed by atoms with Crippen molar-refractivity contribution < 1.29 is 13.9 Å². The maximum Gasteiger partial charge on any atom is 0.141 e. The number of halogens is 2. The van der Waals surface area contributed by atoms with E-state index in [0.717, 1.165) is 11.3 Å². The molecule has 0 bridgehead atoms. The van der Waals surface area contributed by atoms with Crippen molar-refractivity contribution >= 4 is 21.4 Å². The van der Waals surface area contributed by atoms with E-state index in [1.165, 1.54) is 17.5 Å². The highest BCUT2D eigenvalue weighted by molar-refractivity contribution is 7.17. The van der Waals surface area contributed by atoms with Crippen molar-refractivity contribution in [2.75, 3.05) is 0 Å². The summed E-state index contributed by atoms with van der Waals surface area (Å²) in [6.07, 6.45) is 0. The van der Waals surface area contributed by atoms with Crippen LogP contribution in [0.2, 0.25) is 0 Å². The third-order valence-corrected chi connectivity index (χ3v) is 2.80. The summed E-state index contributed by atoms with van der Waals surface area (Å²) in [6.45, 7) is -0.276. The molecule has 1 nitrogen and oxygen atoms in total. The highest BCUT2D eigenvalue weighted by Crippen LogP contribution is 2.28. The van der Waals surface area contributed by atoms with Gasteiger partial charge in [0.1, 0.15) is 11.6 Å². The second-order valence-corrected chi connectivity index (χ2v) is 3.58. The number of thiophene rings is 1. The van der Waals surface area contributed by atoms with Crippen LogP contribution < -0.4 is 0 Å². The molecule has 4 heteroatoms. The summed E-state index contributed by atoms with van der Waals surface area (Å²) in [4.78, 5) is 0. The highest BCUT2D eigenvalue weighted by atomic mass is 32.1. The van der Waals surface area contributed by atoms with E-state index in [0.29, 0.717) is 10.3 Å². The molecule has 0 aliphatic carbocycles. The number of hydrogen-bond acceptors (Lipinski definition) is 2. The fourth-order valence-electron chi connectivity index (χ4n) is 1.21. The van der Waals surface area contributed by atoms with Crippen molar-refractivity contribution in [1.29, 1.82) is 0 Å². The van der Waals surface area contributed by atoms with Crippen LogP contribution in [0.5, 0.6) is 0 Å². The van der Waals surface area contributed by atoms with E-state index in [4.69, 9.17) is 5.11 Å². The summed E-state index contributed by atoms with van der Waals surface area (Å²) >= 11 is 1.03. The molecule has 1 aromatic heterocycles. The van der Waals surface area contributed by atoms with Crippen molar-refractivity contribution in [3.63, 3.8) is 0 Å². The van der Waals surface area contributed by atoms with Gasteiger partial charge in [-0.1, -0.05) is 0 Å². The van der Waals surface area contributed by atoms with E-state index in [1.54, 1.807) is 0 Å². The Balaban J connectivity index is 2.80. The van der Waals surface area contributed by atoms with E-state index < -0.39 is 11.6 Å². The molecule has 0 aliphatic heterocycles. The smallest absolute Gasteiger partial charge is 0.141 e. The van der Waals surface area contributed by atoms with Crippen molar-refractivity contribution in [2.24, 2.45) is 0 Å². The average Bonchev–Trinajstić information content (AvgIpc) is 2.48. The molecular weight excluding hydrogens is 194 g/mol. The molecule has 68 valence electrons. The quantitative estimate of drug-likeness (QED) is 0.750. The molecule has 0 spiro atoms. The van der Waals surface area contributed by atoms with Gasteiger partial charge in [-0.15, -0.1) is 11.3 Å². The normalized spacial score (nSPS) is 11.0. The number of fused-ring (bicyclic) bond motifs is 1. The monoisotopic (exact) mass is 200 g/mol. The SMILES string of the molecule is OCc1cc(F)c2scc(F)c2c1. The summed E-state index contributed by atoms with van der Waals surface area (Å²) in [5.41, 5.74) is 0.391. The van der Waals surface area contributed by atoms with Crippen LogP contribution in [0, 0.1) is 11.6 Å². The lowest BCUT2D eigenvalue weighted by molar-refractivity contribution is 0.281. The molecule has 0 aliphatic rings. The largest absolute Gasteiger partial charge is 0.392 e. The van der Waals surface area contributed by atoms with Crippen molar-refractivity contribution in [3.05, 3.63) is 34.7 Å². The minimum absolute atomic E-state index is 0.244. The van der Waals surface area contributed by atoms with Crippen LogP contribution in [0.1, 0.15) is 5.56 Å². The lowest BCUT2D eigenvalue weighted by Gasteiger charge is -1.97. The summed E-state index contributed by atoms with van der Waals surface area (Å²) in [5.74, 6) is -0.912. The Labute approximate surface area is 77.2 Å². The zero-order chi connectivity index (χ0) is 9.42. The molecule has 13 heavy (non-hydrogen) atoms. The van der Waals surface area contributed by atoms with Crippen LogP contribution in [0.25, 0.3) is 10.1 Å². The molecule has 0 atom stereocenters. The van der Waals surface area contributed by atoms with E-state index in [-0.39, 0.29) is 12.0 Å². The Hall–Kier alpha value is -1.00. The second-order valence-electron chi connectivity index (χ2n) is 2.70. The van der Waals surface area contributed by atoms with E-state index in [1.807, 2.05) is 0 Å². The molecule has 1 N–H and O–H groups in total. The minimum Gasteiger partial charge on any atom is -0.392 e. The van der Waals surface area contributed by atoms with Crippen molar-refractivity contribution in [1.82, 2.24) is 0 Å². The van der Waals surface area contributed by atoms with Gasteiger partial charge in [-0.2, -0.15) is 0 Å². The fourth-order valence-corrected chi connectivity index (χ4v) is 2.02. The molecule has 1 heterocycles. The molecule has 0 radical (unpaired) electrons. The zero-order valence-electron chi connectivity index (χ0n) is 6.55. The molecule has 1 aromatic carbocycles. The number of rotatable bonds is 1. The van der Waals surface area contributed by atoms with Crippen LogP contribution in [-0.2, 0) is 6.61 Å². The number of hydrogen-bond donors (Lipinski definition) is 1. The Morgan fingerprint density at radius 1 is 1.23 bits per heavy atom. The molecule has 0 saturated carbocycles. The van der Waals surface area contributed by atoms with E-state index in [9.17, 15) is 8.78 Å². The Kier molecular flexibility index (Phi) is 2.01. The Morgan fingerprint density at radius 2 is 2.00 bits per heavy atom. The van der Waals surface area contributed by atoms with Gasteiger partial charge in [-0.05, 0) is 17.7 Å². The first kappa shape index (κ1) is 8.59. The van der Waals surface area contributed by atoms with E-state index in [2.05, 4.69) is 0 Å². The third kappa shape index (κ3) is 1.32. The van der Waals surface area contributed by atoms with Gasteiger partial charge in [0, 0.05) is 10.8 Å². The first-order chi connectivity index (χ1) is 6.22. The zero-order valence-corrected chi connectivity index (χ0v) is 7.37. The van der Waals surface area contributed by atoms with Crippen LogP contribution in [0.15, 0.2) is 17.5 Å². The van der Waals surface area contributed by atoms with Crippen LogP contribution in [0.4, 0.5) is 8.78 Å². The first-order valence-electron chi connectivity index (χ1n) is 3.68. The van der Waals surface area contributed by atoms with Crippen LogP contribution in [0.3, 0.4) is 0 Å². The molecule has 0 saturated heterocycles. The predicted octanol–water partition coefficient (Wildman–Crippen LogP) is 2.67. The van der Waals surface area contributed by atoms with E-state index >= 15 is 0 Å². The van der Waals surface area contributed by atoms with Gasteiger partial charge in [0.25, 0.3) is 0 Å². The van der Waals surface area contributed by atoms with Crippen molar-refractivity contribution in [2.45, 2.75) is 6.61 Å². The number of aliphatic hydroxyl groups excluding tert-OH is 1. The molecule has 2 aromatic rings. The minimum atomic E-state index is -0.476. The summed E-state index contributed by atoms with van der Waals surface area (Å²) in [6, 6.07) is 2.68. The third-order valence-electron chi connectivity index (χ3n) is 1.82. The van der Waals surface area contributed by atoms with Gasteiger partial charge in [-0.3, -0.25) is 0 Å². The number of benzene rings is 1.